The number of β-amino-alcohol motifs (C(OH)–C–C–N with tert-alkyl or cyclic N) is 1. The number of aromatic nitrogens is 2. The minimum Gasteiger partial charge on any atom is -0.395 e. The van der Waals surface area contributed by atoms with Gasteiger partial charge in [-0.15, -0.1) is 0 Å². The van der Waals surface area contributed by atoms with E-state index in [1.807, 2.05) is 37.3 Å². The van der Waals surface area contributed by atoms with Gasteiger partial charge in [-0.25, -0.2) is 0 Å². The average Bonchev–Trinajstić information content (AvgIpc) is 3.21. The second kappa shape index (κ2) is 8.38. The molecule has 0 amide bonds. The Bertz CT molecular complexity index is 1080. The van der Waals surface area contributed by atoms with Crippen LogP contribution in [-0.2, 0) is 0 Å². The maximum Gasteiger partial charge on any atom is 0.170 e. The van der Waals surface area contributed by atoms with E-state index in [-0.39, 0.29) is 18.7 Å². The van der Waals surface area contributed by atoms with Crippen molar-refractivity contribution in [3.05, 3.63) is 81.9 Å². The number of aliphatic hydroxyl groups is 1. The molecule has 30 heavy (non-hydrogen) atoms. The fourth-order valence-electron chi connectivity index (χ4n) is 4.39. The number of aryl methyl sites for hydroxylation is 1. The van der Waals surface area contributed by atoms with Gasteiger partial charge in [-0.2, -0.15) is 0 Å². The molecule has 0 radical (unpaired) electrons. The average molecular weight is 441 g/mol. The lowest BCUT2D eigenvalue weighted by atomic mass is 9.97. The van der Waals surface area contributed by atoms with E-state index in [1.54, 1.807) is 6.20 Å². The lowest BCUT2D eigenvalue weighted by molar-refractivity contribution is 0.223. The molecule has 1 aliphatic rings. The third-order valence-electron chi connectivity index (χ3n) is 5.81. The predicted octanol–water partition coefficient (Wildman–Crippen LogP) is 4.42. The molecular formula is C23H25ClN4OS. The summed E-state index contributed by atoms with van der Waals surface area (Å²) in [6, 6.07) is 13.9. The van der Waals surface area contributed by atoms with E-state index < -0.39 is 0 Å². The van der Waals surface area contributed by atoms with Crippen LogP contribution in [0.15, 0.2) is 48.7 Å². The largest absolute Gasteiger partial charge is 0.395 e. The maximum absolute atomic E-state index is 9.68. The molecule has 1 aromatic carbocycles. The van der Waals surface area contributed by atoms with Crippen molar-refractivity contribution in [2.45, 2.75) is 32.9 Å². The first-order chi connectivity index (χ1) is 14.4. The lowest BCUT2D eigenvalue weighted by Gasteiger charge is -2.27. The van der Waals surface area contributed by atoms with Crippen LogP contribution in [0, 0.1) is 20.8 Å². The van der Waals surface area contributed by atoms with Crippen LogP contribution in [0.3, 0.4) is 0 Å². The number of nitrogens with zero attached hydrogens (tertiary/aromatic N) is 3. The summed E-state index contributed by atoms with van der Waals surface area (Å²) in [5.74, 6) is 0. The van der Waals surface area contributed by atoms with Crippen molar-refractivity contribution in [1.82, 2.24) is 19.8 Å². The molecule has 5 nitrogen and oxygen atoms in total. The summed E-state index contributed by atoms with van der Waals surface area (Å²) >= 11 is 12.0. The van der Waals surface area contributed by atoms with Crippen LogP contribution in [0.4, 0.5) is 0 Å². The highest BCUT2D eigenvalue weighted by Gasteiger charge is 2.41. The fourth-order valence-corrected chi connectivity index (χ4v) is 4.89. The van der Waals surface area contributed by atoms with Gasteiger partial charge in [-0.1, -0.05) is 23.7 Å². The number of pyridine rings is 1. The zero-order valence-electron chi connectivity index (χ0n) is 17.3. The number of benzene rings is 1. The molecule has 156 valence electrons. The Labute approximate surface area is 187 Å². The van der Waals surface area contributed by atoms with E-state index in [4.69, 9.17) is 23.8 Å². The van der Waals surface area contributed by atoms with Gasteiger partial charge in [-0.3, -0.25) is 4.98 Å². The van der Waals surface area contributed by atoms with Crippen molar-refractivity contribution in [2.24, 2.45) is 0 Å². The number of aliphatic hydroxyl groups excluding tert-OH is 1. The van der Waals surface area contributed by atoms with Crippen LogP contribution >= 0.6 is 23.8 Å². The number of hydrogen-bond acceptors (Lipinski definition) is 3. The zero-order valence-corrected chi connectivity index (χ0v) is 18.8. The van der Waals surface area contributed by atoms with Crippen molar-refractivity contribution in [3.63, 3.8) is 0 Å². The van der Waals surface area contributed by atoms with Crippen molar-refractivity contribution in [2.75, 3.05) is 13.2 Å². The minimum absolute atomic E-state index is 0.0272. The summed E-state index contributed by atoms with van der Waals surface area (Å²) in [6.45, 7) is 6.75. The zero-order chi connectivity index (χ0) is 21.4. The first-order valence-electron chi connectivity index (χ1n) is 9.97. The third-order valence-corrected chi connectivity index (χ3v) is 6.57. The highest BCUT2D eigenvalue weighted by atomic mass is 35.5. The lowest BCUT2D eigenvalue weighted by Crippen LogP contribution is -2.32. The van der Waals surface area contributed by atoms with Gasteiger partial charge in [0.1, 0.15) is 0 Å². The standard InChI is InChI=1S/C23H25ClN4OS/c1-14-13-17(16(3)28(14)20-9-6-7-18(24)15(20)2)22-21(19-8-4-5-10-25-19)26-23(30)27(22)11-12-29/h4-10,13,21-22,29H,11-12H2,1-3H3,(H,26,30)/t21-,22+/m1/s1. The molecule has 1 fully saturated rings. The van der Waals surface area contributed by atoms with Gasteiger partial charge < -0.3 is 19.9 Å². The Hall–Kier alpha value is -2.41. The summed E-state index contributed by atoms with van der Waals surface area (Å²) in [6.07, 6.45) is 1.80. The van der Waals surface area contributed by atoms with E-state index >= 15 is 0 Å². The summed E-state index contributed by atoms with van der Waals surface area (Å²) in [4.78, 5) is 6.63. The van der Waals surface area contributed by atoms with Gasteiger partial charge >= 0.3 is 0 Å². The van der Waals surface area contributed by atoms with E-state index in [9.17, 15) is 5.11 Å². The molecule has 3 heterocycles. The molecule has 0 spiro atoms. The molecule has 0 bridgehead atoms. The fraction of sp³-hybridized carbons (Fsp3) is 0.304. The molecule has 3 aromatic rings. The summed E-state index contributed by atoms with van der Waals surface area (Å²) < 4.78 is 2.24. The van der Waals surface area contributed by atoms with Crippen LogP contribution in [0.25, 0.3) is 5.69 Å². The van der Waals surface area contributed by atoms with Gasteiger partial charge in [0.25, 0.3) is 0 Å². The number of halogens is 1. The quantitative estimate of drug-likeness (QED) is 0.575. The van der Waals surface area contributed by atoms with Gasteiger partial charge in [0.2, 0.25) is 0 Å². The van der Waals surface area contributed by atoms with Crippen LogP contribution in [0.2, 0.25) is 5.02 Å². The molecule has 2 N–H and O–H groups in total. The molecule has 1 saturated heterocycles. The normalized spacial score (nSPS) is 18.7. The van der Waals surface area contributed by atoms with Gasteiger partial charge in [-0.05, 0) is 74.4 Å². The van der Waals surface area contributed by atoms with Crippen molar-refractivity contribution < 1.29 is 5.11 Å². The second-order valence-corrected chi connectivity index (χ2v) is 8.38. The molecule has 0 unspecified atom stereocenters. The molecule has 1 aliphatic heterocycles. The molecular weight excluding hydrogens is 416 g/mol. The number of thiocarbonyl (C=S) groups is 1. The van der Waals surface area contributed by atoms with Gasteiger partial charge in [0, 0.05) is 34.8 Å². The van der Waals surface area contributed by atoms with Crippen molar-refractivity contribution in [3.8, 4) is 5.69 Å². The van der Waals surface area contributed by atoms with E-state index in [1.165, 1.54) is 0 Å². The Morgan fingerprint density at radius 1 is 1.17 bits per heavy atom. The highest BCUT2D eigenvalue weighted by molar-refractivity contribution is 7.80. The second-order valence-electron chi connectivity index (χ2n) is 7.59. The number of nitrogens with one attached hydrogen (secondary N) is 1. The van der Waals surface area contributed by atoms with Crippen LogP contribution in [0.5, 0.6) is 0 Å². The Balaban J connectivity index is 1.86. The smallest absolute Gasteiger partial charge is 0.170 e. The molecule has 2 aromatic heterocycles. The van der Waals surface area contributed by atoms with Crippen molar-refractivity contribution in [1.29, 1.82) is 0 Å². The SMILES string of the molecule is Cc1c(Cl)cccc1-n1c(C)cc([C@H]2[C@@H](c3ccccn3)NC(=S)N2CCO)c1C. The number of hydrogen-bond donors (Lipinski definition) is 2. The minimum atomic E-state index is -0.0975. The van der Waals surface area contributed by atoms with E-state index in [0.29, 0.717) is 11.7 Å². The molecule has 0 aliphatic carbocycles. The highest BCUT2D eigenvalue weighted by Crippen LogP contribution is 2.41. The summed E-state index contributed by atoms with van der Waals surface area (Å²) in [5, 5.41) is 14.5. The Morgan fingerprint density at radius 2 is 1.97 bits per heavy atom. The summed E-state index contributed by atoms with van der Waals surface area (Å²) in [7, 11) is 0. The molecule has 0 saturated carbocycles. The third kappa shape index (κ3) is 3.49. The predicted molar refractivity (Wildman–Crippen MR) is 124 cm³/mol. The van der Waals surface area contributed by atoms with Crippen LogP contribution in [0.1, 0.15) is 40.3 Å². The topological polar surface area (TPSA) is 53.3 Å². The number of rotatable bonds is 5. The van der Waals surface area contributed by atoms with Gasteiger partial charge in [0.15, 0.2) is 5.11 Å². The maximum atomic E-state index is 9.68. The first-order valence-corrected chi connectivity index (χ1v) is 10.8. The molecule has 2 atom stereocenters. The summed E-state index contributed by atoms with van der Waals surface area (Å²) in [5.41, 5.74) is 6.44. The van der Waals surface area contributed by atoms with E-state index in [0.717, 1.165) is 38.9 Å². The molecule has 4 rings (SSSR count). The van der Waals surface area contributed by atoms with Gasteiger partial charge in [0.05, 0.1) is 24.4 Å². The van der Waals surface area contributed by atoms with Crippen LogP contribution in [-0.4, -0.2) is 37.8 Å². The van der Waals surface area contributed by atoms with Crippen LogP contribution < -0.4 is 5.32 Å². The Morgan fingerprint density at radius 3 is 2.67 bits per heavy atom. The van der Waals surface area contributed by atoms with Crippen molar-refractivity contribution >= 4 is 28.9 Å². The first kappa shape index (κ1) is 20.8. The van der Waals surface area contributed by atoms with E-state index in [2.05, 4.69) is 45.7 Å². The Kier molecular flexibility index (Phi) is 5.82. The monoisotopic (exact) mass is 440 g/mol. The molecule has 7 heteroatoms.